The van der Waals surface area contributed by atoms with Crippen molar-refractivity contribution in [3.05, 3.63) is 40.4 Å². The molecule has 0 unspecified atom stereocenters. The zero-order valence-electron chi connectivity index (χ0n) is 10.4. The first-order valence-electron chi connectivity index (χ1n) is 5.48. The zero-order chi connectivity index (χ0) is 14.7. The van der Waals surface area contributed by atoms with Gasteiger partial charge >= 0.3 is 0 Å². The standard InChI is InChI=1S/C12H11BrF2N4O/c1-20-10-3-2-6(4-7(10)13)17-11-8(14)5-9(15)12(18-11)19-16/h2-5H,16H2,1H3,(H2,17,18,19). The fourth-order valence-electron chi connectivity index (χ4n) is 1.54. The summed E-state index contributed by atoms with van der Waals surface area (Å²) in [6.07, 6.45) is 0. The first-order valence-corrected chi connectivity index (χ1v) is 6.27. The van der Waals surface area contributed by atoms with Gasteiger partial charge in [0.2, 0.25) is 0 Å². The smallest absolute Gasteiger partial charge is 0.178 e. The van der Waals surface area contributed by atoms with Gasteiger partial charge in [0, 0.05) is 11.8 Å². The quantitative estimate of drug-likeness (QED) is 0.587. The van der Waals surface area contributed by atoms with Crippen LogP contribution in [0.15, 0.2) is 28.7 Å². The topological polar surface area (TPSA) is 72.2 Å². The van der Waals surface area contributed by atoms with Gasteiger partial charge in [-0.2, -0.15) is 0 Å². The van der Waals surface area contributed by atoms with Crippen LogP contribution in [0.1, 0.15) is 0 Å². The van der Waals surface area contributed by atoms with Crippen LogP contribution in [0.4, 0.5) is 26.1 Å². The second-order valence-electron chi connectivity index (χ2n) is 3.77. The summed E-state index contributed by atoms with van der Waals surface area (Å²) in [6.45, 7) is 0. The number of ether oxygens (including phenoxy) is 1. The number of nitrogens with two attached hydrogens (primary N) is 1. The third-order valence-electron chi connectivity index (χ3n) is 2.48. The summed E-state index contributed by atoms with van der Waals surface area (Å²) in [4.78, 5) is 3.71. The molecule has 1 aromatic carbocycles. The maximum atomic E-state index is 13.6. The number of pyridine rings is 1. The molecule has 8 heteroatoms. The van der Waals surface area contributed by atoms with Gasteiger partial charge in [0.15, 0.2) is 23.3 Å². The lowest BCUT2D eigenvalue weighted by atomic mass is 10.3. The predicted molar refractivity (Wildman–Crippen MR) is 75.9 cm³/mol. The van der Waals surface area contributed by atoms with Gasteiger partial charge in [-0.05, 0) is 34.1 Å². The number of benzene rings is 1. The van der Waals surface area contributed by atoms with Crippen molar-refractivity contribution in [2.45, 2.75) is 0 Å². The van der Waals surface area contributed by atoms with Gasteiger partial charge in [0.1, 0.15) is 5.75 Å². The van der Waals surface area contributed by atoms with Gasteiger partial charge in [0.25, 0.3) is 0 Å². The summed E-state index contributed by atoms with van der Waals surface area (Å²) in [7, 11) is 1.54. The molecule has 106 valence electrons. The van der Waals surface area contributed by atoms with E-state index in [9.17, 15) is 8.78 Å². The van der Waals surface area contributed by atoms with E-state index in [2.05, 4.69) is 31.7 Å². The molecule has 0 fully saturated rings. The molecular weight excluding hydrogens is 334 g/mol. The Bertz CT molecular complexity index is 639. The van der Waals surface area contributed by atoms with E-state index in [-0.39, 0.29) is 11.6 Å². The van der Waals surface area contributed by atoms with E-state index in [0.29, 0.717) is 22.0 Å². The van der Waals surface area contributed by atoms with E-state index < -0.39 is 11.6 Å². The van der Waals surface area contributed by atoms with Gasteiger partial charge in [-0.3, -0.25) is 0 Å². The monoisotopic (exact) mass is 344 g/mol. The third-order valence-corrected chi connectivity index (χ3v) is 3.10. The minimum absolute atomic E-state index is 0.142. The highest BCUT2D eigenvalue weighted by atomic mass is 79.9. The molecule has 2 aromatic rings. The second kappa shape index (κ2) is 6.02. The Labute approximate surface area is 122 Å². The number of nitrogens with zero attached hydrogens (tertiary/aromatic N) is 1. The number of anilines is 3. The van der Waals surface area contributed by atoms with Crippen LogP contribution in [-0.4, -0.2) is 12.1 Å². The highest BCUT2D eigenvalue weighted by Gasteiger charge is 2.12. The lowest BCUT2D eigenvalue weighted by Crippen LogP contribution is -2.12. The normalized spacial score (nSPS) is 10.2. The number of hydrogen-bond donors (Lipinski definition) is 3. The molecule has 0 atom stereocenters. The number of halogens is 3. The minimum Gasteiger partial charge on any atom is -0.496 e. The van der Waals surface area contributed by atoms with Crippen LogP contribution < -0.4 is 21.3 Å². The zero-order valence-corrected chi connectivity index (χ0v) is 12.0. The van der Waals surface area contributed by atoms with Crippen LogP contribution >= 0.6 is 15.9 Å². The van der Waals surface area contributed by atoms with E-state index in [1.807, 2.05) is 0 Å². The summed E-state index contributed by atoms with van der Waals surface area (Å²) >= 11 is 3.31. The van der Waals surface area contributed by atoms with Crippen LogP contribution in [0.25, 0.3) is 0 Å². The van der Waals surface area contributed by atoms with Gasteiger partial charge in [-0.1, -0.05) is 0 Å². The number of nitrogen functional groups attached to an aromatic ring is 1. The van der Waals surface area contributed by atoms with Crippen molar-refractivity contribution in [3.8, 4) is 5.75 Å². The van der Waals surface area contributed by atoms with Gasteiger partial charge in [-0.15, -0.1) is 0 Å². The van der Waals surface area contributed by atoms with Crippen molar-refractivity contribution in [2.75, 3.05) is 17.9 Å². The van der Waals surface area contributed by atoms with Crippen molar-refractivity contribution in [2.24, 2.45) is 5.84 Å². The minimum atomic E-state index is -0.869. The number of hydrogen-bond acceptors (Lipinski definition) is 5. The van der Waals surface area contributed by atoms with Crippen LogP contribution in [0.2, 0.25) is 0 Å². The average molecular weight is 345 g/mol. The molecule has 2 rings (SSSR count). The van der Waals surface area contributed by atoms with E-state index in [1.165, 1.54) is 7.11 Å². The first kappa shape index (κ1) is 14.5. The molecule has 4 N–H and O–H groups in total. The highest BCUT2D eigenvalue weighted by Crippen LogP contribution is 2.30. The maximum Gasteiger partial charge on any atom is 0.178 e. The van der Waals surface area contributed by atoms with E-state index in [1.54, 1.807) is 18.2 Å². The van der Waals surface area contributed by atoms with Crippen molar-refractivity contribution < 1.29 is 13.5 Å². The summed E-state index contributed by atoms with van der Waals surface area (Å²) < 4.78 is 32.6. The molecular formula is C12H11BrF2N4O. The molecule has 0 spiro atoms. The lowest BCUT2D eigenvalue weighted by molar-refractivity contribution is 0.412. The molecule has 0 amide bonds. The molecule has 5 nitrogen and oxygen atoms in total. The van der Waals surface area contributed by atoms with Gasteiger partial charge in [-0.25, -0.2) is 19.6 Å². The second-order valence-corrected chi connectivity index (χ2v) is 4.62. The molecule has 0 radical (unpaired) electrons. The number of rotatable bonds is 4. The predicted octanol–water partition coefficient (Wildman–Crippen LogP) is 3.16. The Morgan fingerprint density at radius 3 is 2.50 bits per heavy atom. The Kier molecular flexibility index (Phi) is 4.35. The van der Waals surface area contributed by atoms with Gasteiger partial charge in [0.05, 0.1) is 11.6 Å². The molecule has 1 heterocycles. The van der Waals surface area contributed by atoms with Crippen LogP contribution in [0, 0.1) is 11.6 Å². The van der Waals surface area contributed by atoms with Crippen molar-refractivity contribution in [3.63, 3.8) is 0 Å². The first-order chi connectivity index (χ1) is 9.55. The Balaban J connectivity index is 2.32. The molecule has 0 saturated heterocycles. The Hall–Kier alpha value is -1.93. The molecule has 1 aromatic heterocycles. The summed E-state index contributed by atoms with van der Waals surface area (Å²) in [5, 5.41) is 2.73. The fraction of sp³-hybridized carbons (Fsp3) is 0.0833. The molecule has 20 heavy (non-hydrogen) atoms. The Morgan fingerprint density at radius 2 is 1.90 bits per heavy atom. The largest absolute Gasteiger partial charge is 0.496 e. The maximum absolute atomic E-state index is 13.6. The average Bonchev–Trinajstić information content (AvgIpc) is 2.42. The highest BCUT2D eigenvalue weighted by molar-refractivity contribution is 9.10. The summed E-state index contributed by atoms with van der Waals surface area (Å²) in [5.41, 5.74) is 2.61. The summed E-state index contributed by atoms with van der Waals surface area (Å²) in [6, 6.07) is 5.74. The number of aromatic nitrogens is 1. The number of nitrogens with one attached hydrogen (secondary N) is 2. The molecule has 0 aliphatic carbocycles. The molecule has 0 saturated carbocycles. The SMILES string of the molecule is COc1ccc(Nc2nc(NN)c(F)cc2F)cc1Br. The fourth-order valence-corrected chi connectivity index (χ4v) is 2.08. The number of hydrazine groups is 1. The van der Waals surface area contributed by atoms with Crippen LogP contribution in [-0.2, 0) is 0 Å². The molecule has 0 aliphatic rings. The van der Waals surface area contributed by atoms with Crippen molar-refractivity contribution in [1.29, 1.82) is 0 Å². The lowest BCUT2D eigenvalue weighted by Gasteiger charge is -2.11. The van der Waals surface area contributed by atoms with E-state index in [4.69, 9.17) is 10.6 Å². The van der Waals surface area contributed by atoms with Crippen LogP contribution in [0.5, 0.6) is 5.75 Å². The number of methoxy groups -OCH3 is 1. The molecule has 0 bridgehead atoms. The van der Waals surface area contributed by atoms with E-state index >= 15 is 0 Å². The molecule has 0 aliphatic heterocycles. The third kappa shape index (κ3) is 2.97. The van der Waals surface area contributed by atoms with Crippen molar-refractivity contribution >= 4 is 33.3 Å². The Morgan fingerprint density at radius 1 is 1.20 bits per heavy atom. The van der Waals surface area contributed by atoms with E-state index in [0.717, 1.165) is 0 Å². The van der Waals surface area contributed by atoms with Crippen molar-refractivity contribution in [1.82, 2.24) is 4.98 Å². The van der Waals surface area contributed by atoms with Crippen LogP contribution in [0.3, 0.4) is 0 Å². The van der Waals surface area contributed by atoms with Gasteiger partial charge < -0.3 is 15.5 Å². The summed E-state index contributed by atoms with van der Waals surface area (Å²) in [5.74, 6) is 3.64.